The summed E-state index contributed by atoms with van der Waals surface area (Å²) in [5, 5.41) is 5.68. The number of anilines is 1. The first-order valence-electron chi connectivity index (χ1n) is 13.5. The number of fused-ring (bicyclic) bond motifs is 1. The number of nitrogens with zero attached hydrogens (tertiary/aromatic N) is 1. The second-order valence-corrected chi connectivity index (χ2v) is 9.40. The van der Waals surface area contributed by atoms with E-state index in [0.29, 0.717) is 60.2 Å². The van der Waals surface area contributed by atoms with Crippen LogP contribution >= 0.6 is 0 Å². The standard InChI is InChI=1S/C31H35N3O7/c1-4-39-17-5-16-32-30(36)29(23-9-13-26(38-3)14-10-23)34(19-22-6-15-27-28(18-22)41-20-40-27)31(37)24-7-11-25(12-8-24)33-21(2)35/h6-15,18,29H,4-5,16-17,19-20H2,1-3H3,(H,32,36)(H,33,35)/t29-/m1/s1. The van der Waals surface area contributed by atoms with Crippen LogP contribution < -0.4 is 24.8 Å². The Morgan fingerprint density at radius 3 is 2.39 bits per heavy atom. The quantitative estimate of drug-likeness (QED) is 0.299. The maximum absolute atomic E-state index is 14.1. The summed E-state index contributed by atoms with van der Waals surface area (Å²) < 4.78 is 21.7. The van der Waals surface area contributed by atoms with Crippen LogP contribution in [0.1, 0.15) is 47.8 Å². The van der Waals surface area contributed by atoms with Gasteiger partial charge in [-0.1, -0.05) is 18.2 Å². The van der Waals surface area contributed by atoms with Gasteiger partial charge < -0.3 is 34.5 Å². The molecule has 1 atom stereocenters. The van der Waals surface area contributed by atoms with Gasteiger partial charge in [-0.2, -0.15) is 0 Å². The van der Waals surface area contributed by atoms with Crippen LogP contribution in [0, 0.1) is 0 Å². The molecule has 1 aliphatic heterocycles. The maximum Gasteiger partial charge on any atom is 0.255 e. The molecule has 41 heavy (non-hydrogen) atoms. The summed E-state index contributed by atoms with van der Waals surface area (Å²) >= 11 is 0. The zero-order valence-electron chi connectivity index (χ0n) is 23.5. The number of carbonyl (C=O) groups is 3. The van der Waals surface area contributed by atoms with E-state index in [9.17, 15) is 14.4 Å². The van der Waals surface area contributed by atoms with Gasteiger partial charge in [-0.3, -0.25) is 14.4 Å². The minimum atomic E-state index is -0.957. The molecule has 0 spiro atoms. The van der Waals surface area contributed by atoms with Crippen LogP contribution in [0.25, 0.3) is 0 Å². The third-order valence-electron chi connectivity index (χ3n) is 6.46. The van der Waals surface area contributed by atoms with Crippen molar-refractivity contribution in [3.8, 4) is 17.2 Å². The summed E-state index contributed by atoms with van der Waals surface area (Å²) in [7, 11) is 1.57. The molecule has 2 N–H and O–H groups in total. The van der Waals surface area contributed by atoms with E-state index in [1.165, 1.54) is 11.8 Å². The van der Waals surface area contributed by atoms with E-state index < -0.39 is 6.04 Å². The Labute approximate surface area is 239 Å². The molecule has 3 amide bonds. The number of ether oxygens (including phenoxy) is 4. The molecule has 0 radical (unpaired) electrons. The molecule has 216 valence electrons. The summed E-state index contributed by atoms with van der Waals surface area (Å²) in [6, 6.07) is 18.1. The van der Waals surface area contributed by atoms with Crippen LogP contribution in [-0.4, -0.2) is 56.3 Å². The number of hydrogen-bond acceptors (Lipinski definition) is 7. The van der Waals surface area contributed by atoms with Crippen molar-refractivity contribution in [2.75, 3.05) is 39.0 Å². The summed E-state index contributed by atoms with van der Waals surface area (Å²) in [6.07, 6.45) is 0.635. The van der Waals surface area contributed by atoms with Crippen molar-refractivity contribution in [2.45, 2.75) is 32.9 Å². The summed E-state index contributed by atoms with van der Waals surface area (Å²) in [5.41, 5.74) is 2.31. The van der Waals surface area contributed by atoms with Crippen LogP contribution in [0.15, 0.2) is 66.7 Å². The lowest BCUT2D eigenvalue weighted by atomic mass is 10.0. The van der Waals surface area contributed by atoms with Gasteiger partial charge in [0.05, 0.1) is 7.11 Å². The van der Waals surface area contributed by atoms with E-state index in [2.05, 4.69) is 10.6 Å². The number of rotatable bonds is 13. The molecule has 1 heterocycles. The van der Waals surface area contributed by atoms with Gasteiger partial charge in [0.25, 0.3) is 5.91 Å². The molecular weight excluding hydrogens is 526 g/mol. The minimum absolute atomic E-state index is 0.117. The minimum Gasteiger partial charge on any atom is -0.497 e. The van der Waals surface area contributed by atoms with E-state index in [1.807, 2.05) is 19.1 Å². The molecule has 1 aliphatic rings. The van der Waals surface area contributed by atoms with Crippen molar-refractivity contribution in [2.24, 2.45) is 0 Å². The highest BCUT2D eigenvalue weighted by molar-refractivity contribution is 5.98. The van der Waals surface area contributed by atoms with Crippen molar-refractivity contribution in [3.05, 3.63) is 83.4 Å². The highest BCUT2D eigenvalue weighted by Gasteiger charge is 2.32. The van der Waals surface area contributed by atoms with Crippen LogP contribution in [0.3, 0.4) is 0 Å². The van der Waals surface area contributed by atoms with Crippen LogP contribution in [0.4, 0.5) is 5.69 Å². The Morgan fingerprint density at radius 1 is 0.976 bits per heavy atom. The van der Waals surface area contributed by atoms with Crippen LogP contribution in [0.2, 0.25) is 0 Å². The van der Waals surface area contributed by atoms with Crippen molar-refractivity contribution in [1.29, 1.82) is 0 Å². The Hall–Kier alpha value is -4.57. The van der Waals surface area contributed by atoms with Crippen molar-refractivity contribution in [3.63, 3.8) is 0 Å². The second-order valence-electron chi connectivity index (χ2n) is 9.40. The van der Waals surface area contributed by atoms with Gasteiger partial charge in [-0.25, -0.2) is 0 Å². The number of benzene rings is 3. The van der Waals surface area contributed by atoms with E-state index in [4.69, 9.17) is 18.9 Å². The molecule has 3 aromatic rings. The molecular formula is C31H35N3O7. The average molecular weight is 562 g/mol. The first kappa shape index (κ1) is 29.4. The second kappa shape index (κ2) is 14.2. The van der Waals surface area contributed by atoms with E-state index in [1.54, 1.807) is 61.7 Å². The third kappa shape index (κ3) is 7.76. The van der Waals surface area contributed by atoms with Gasteiger partial charge >= 0.3 is 0 Å². The number of carbonyl (C=O) groups excluding carboxylic acids is 3. The fraction of sp³-hybridized carbons (Fsp3) is 0.323. The summed E-state index contributed by atoms with van der Waals surface area (Å²) in [4.78, 5) is 40.9. The average Bonchev–Trinajstić information content (AvgIpc) is 3.45. The van der Waals surface area contributed by atoms with Gasteiger partial charge in [0.2, 0.25) is 18.6 Å². The van der Waals surface area contributed by atoms with Crippen LogP contribution in [-0.2, 0) is 20.9 Å². The molecule has 0 fully saturated rings. The smallest absolute Gasteiger partial charge is 0.255 e. The topological polar surface area (TPSA) is 115 Å². The molecule has 0 saturated heterocycles. The van der Waals surface area contributed by atoms with Crippen molar-refractivity contribution >= 4 is 23.4 Å². The molecule has 0 saturated carbocycles. The van der Waals surface area contributed by atoms with E-state index in [-0.39, 0.29) is 31.1 Å². The maximum atomic E-state index is 14.1. The molecule has 4 rings (SSSR count). The highest BCUT2D eigenvalue weighted by atomic mass is 16.7. The predicted octanol–water partition coefficient (Wildman–Crippen LogP) is 4.31. The van der Waals surface area contributed by atoms with Gasteiger partial charge in [0.15, 0.2) is 11.5 Å². The Kier molecular flexibility index (Phi) is 10.2. The van der Waals surface area contributed by atoms with Gasteiger partial charge in [-0.15, -0.1) is 0 Å². The predicted molar refractivity (Wildman–Crippen MR) is 153 cm³/mol. The summed E-state index contributed by atoms with van der Waals surface area (Å²) in [5.74, 6) is 0.939. The Bertz CT molecular complexity index is 1340. The van der Waals surface area contributed by atoms with Gasteiger partial charge in [-0.05, 0) is 73.0 Å². The van der Waals surface area contributed by atoms with Gasteiger partial charge in [0.1, 0.15) is 11.8 Å². The molecule has 10 heteroatoms. The molecule has 3 aromatic carbocycles. The highest BCUT2D eigenvalue weighted by Crippen LogP contribution is 2.34. The normalized spacial score (nSPS) is 12.4. The molecule has 0 aromatic heterocycles. The monoisotopic (exact) mass is 561 g/mol. The first-order chi connectivity index (χ1) is 19.9. The lowest BCUT2D eigenvalue weighted by molar-refractivity contribution is -0.126. The number of hydrogen-bond donors (Lipinski definition) is 2. The number of amides is 3. The zero-order chi connectivity index (χ0) is 29.2. The largest absolute Gasteiger partial charge is 0.497 e. The van der Waals surface area contributed by atoms with E-state index >= 15 is 0 Å². The van der Waals surface area contributed by atoms with Crippen molar-refractivity contribution in [1.82, 2.24) is 10.2 Å². The first-order valence-corrected chi connectivity index (χ1v) is 13.5. The Morgan fingerprint density at radius 2 is 1.71 bits per heavy atom. The lowest BCUT2D eigenvalue weighted by Crippen LogP contribution is -2.43. The molecule has 0 bridgehead atoms. The van der Waals surface area contributed by atoms with Crippen LogP contribution in [0.5, 0.6) is 17.2 Å². The SMILES string of the molecule is CCOCCCNC(=O)[C@@H](c1ccc(OC)cc1)N(Cc1ccc2c(c1)OCO2)C(=O)c1ccc(NC(C)=O)cc1. The fourth-order valence-corrected chi connectivity index (χ4v) is 4.47. The fourth-order valence-electron chi connectivity index (χ4n) is 4.47. The number of nitrogens with one attached hydrogen (secondary N) is 2. The van der Waals surface area contributed by atoms with E-state index in [0.717, 1.165) is 5.56 Å². The molecule has 0 unspecified atom stereocenters. The van der Waals surface area contributed by atoms with Crippen molar-refractivity contribution < 1.29 is 33.3 Å². The van der Waals surface area contributed by atoms with Gasteiger partial charge in [0, 0.05) is 44.5 Å². The third-order valence-corrected chi connectivity index (χ3v) is 6.46. The molecule has 10 nitrogen and oxygen atoms in total. The zero-order valence-corrected chi connectivity index (χ0v) is 23.5. The Balaban J connectivity index is 1.70. The number of methoxy groups -OCH3 is 1. The summed E-state index contributed by atoms with van der Waals surface area (Å²) in [6.45, 7) is 5.08. The molecule has 0 aliphatic carbocycles. The lowest BCUT2D eigenvalue weighted by Gasteiger charge is -2.32.